The SMILES string of the molecule is Cc1ccc2c(c1C)N(CCCNCc1cc(Br)cc(Cl)c1O)c1ccccc1S2=O. The molecule has 7 heteroatoms. The summed E-state index contributed by atoms with van der Waals surface area (Å²) in [5.41, 5.74) is 5.20. The second-order valence-corrected chi connectivity index (χ2v) is 10.4. The maximum absolute atomic E-state index is 13.2. The molecule has 31 heavy (non-hydrogen) atoms. The van der Waals surface area contributed by atoms with Gasteiger partial charge in [0.1, 0.15) is 5.75 Å². The molecule has 1 atom stereocenters. The Balaban J connectivity index is 1.50. The van der Waals surface area contributed by atoms with Crippen molar-refractivity contribution in [2.45, 2.75) is 36.6 Å². The summed E-state index contributed by atoms with van der Waals surface area (Å²) in [4.78, 5) is 4.03. The molecule has 0 amide bonds. The fourth-order valence-corrected chi connectivity index (χ4v) is 6.22. The number of hydrogen-bond acceptors (Lipinski definition) is 4. The maximum atomic E-state index is 13.2. The number of aryl methyl sites for hydroxylation is 1. The van der Waals surface area contributed by atoms with E-state index >= 15 is 0 Å². The van der Waals surface area contributed by atoms with E-state index in [0.717, 1.165) is 50.7 Å². The van der Waals surface area contributed by atoms with Gasteiger partial charge in [0.15, 0.2) is 0 Å². The van der Waals surface area contributed by atoms with Crippen molar-refractivity contribution < 1.29 is 9.32 Å². The molecule has 4 nitrogen and oxygen atoms in total. The molecule has 0 saturated heterocycles. The van der Waals surface area contributed by atoms with E-state index in [1.54, 1.807) is 6.07 Å². The Morgan fingerprint density at radius 1 is 1.13 bits per heavy atom. The Hall–Kier alpha value is -1.86. The summed E-state index contributed by atoms with van der Waals surface area (Å²) in [6.07, 6.45) is 0.885. The van der Waals surface area contributed by atoms with Crippen LogP contribution in [0.1, 0.15) is 23.1 Å². The lowest BCUT2D eigenvalue weighted by Crippen LogP contribution is -2.28. The molecule has 2 N–H and O–H groups in total. The van der Waals surface area contributed by atoms with Gasteiger partial charge >= 0.3 is 0 Å². The summed E-state index contributed by atoms with van der Waals surface area (Å²) in [5, 5.41) is 13.9. The number of halogens is 2. The van der Waals surface area contributed by atoms with Crippen molar-refractivity contribution >= 4 is 49.7 Å². The summed E-state index contributed by atoms with van der Waals surface area (Å²) < 4.78 is 14.0. The quantitative estimate of drug-likeness (QED) is 0.380. The number of para-hydroxylation sites is 1. The number of fused-ring (bicyclic) bond motifs is 2. The molecule has 0 bridgehead atoms. The molecule has 1 aliphatic rings. The largest absolute Gasteiger partial charge is 0.506 e. The molecular weight excluding hydrogens is 496 g/mol. The first kappa shape index (κ1) is 22.3. The van der Waals surface area contributed by atoms with Crippen molar-refractivity contribution in [3.05, 3.63) is 74.7 Å². The van der Waals surface area contributed by atoms with E-state index in [4.69, 9.17) is 11.6 Å². The van der Waals surface area contributed by atoms with Crippen LogP contribution in [0, 0.1) is 13.8 Å². The van der Waals surface area contributed by atoms with Gasteiger partial charge in [0, 0.05) is 23.1 Å². The van der Waals surface area contributed by atoms with Crippen LogP contribution in [-0.4, -0.2) is 22.4 Å². The number of phenolic OH excluding ortho intramolecular Hbond substituents is 1. The number of aromatic hydroxyl groups is 1. The Bertz CT molecular complexity index is 1170. The molecule has 0 radical (unpaired) electrons. The minimum Gasteiger partial charge on any atom is -0.506 e. The first-order valence-corrected chi connectivity index (χ1v) is 12.5. The zero-order valence-corrected chi connectivity index (χ0v) is 20.6. The van der Waals surface area contributed by atoms with Gasteiger partial charge in [-0.2, -0.15) is 0 Å². The molecule has 4 rings (SSSR count). The number of anilines is 2. The molecule has 0 spiro atoms. The summed E-state index contributed by atoms with van der Waals surface area (Å²) in [5.74, 6) is 0.116. The number of nitrogens with zero attached hydrogens (tertiary/aromatic N) is 1. The maximum Gasteiger partial charge on any atom is 0.138 e. The van der Waals surface area contributed by atoms with E-state index in [0.29, 0.717) is 11.6 Å². The molecule has 3 aromatic rings. The zero-order chi connectivity index (χ0) is 22.1. The van der Waals surface area contributed by atoms with Crippen LogP contribution in [0.2, 0.25) is 5.02 Å². The molecule has 0 saturated carbocycles. The molecule has 1 heterocycles. The molecule has 1 aliphatic heterocycles. The van der Waals surface area contributed by atoms with Gasteiger partial charge in [-0.05, 0) is 68.3 Å². The number of phenols is 1. The molecule has 1 unspecified atom stereocenters. The van der Waals surface area contributed by atoms with Crippen LogP contribution in [0.4, 0.5) is 11.4 Å². The van der Waals surface area contributed by atoms with Gasteiger partial charge < -0.3 is 15.3 Å². The molecular formula is C24H24BrClN2O2S. The second kappa shape index (κ2) is 9.33. The lowest BCUT2D eigenvalue weighted by Gasteiger charge is -2.34. The van der Waals surface area contributed by atoms with Gasteiger partial charge in [0.25, 0.3) is 0 Å². The van der Waals surface area contributed by atoms with E-state index in [-0.39, 0.29) is 5.75 Å². The highest BCUT2D eigenvalue weighted by molar-refractivity contribution is 9.10. The van der Waals surface area contributed by atoms with Crippen molar-refractivity contribution in [1.29, 1.82) is 0 Å². The minimum atomic E-state index is -1.17. The smallest absolute Gasteiger partial charge is 0.138 e. The van der Waals surface area contributed by atoms with Crippen molar-refractivity contribution in [2.24, 2.45) is 0 Å². The first-order valence-electron chi connectivity index (χ1n) is 10.1. The van der Waals surface area contributed by atoms with Crippen molar-refractivity contribution in [3.8, 4) is 5.75 Å². The normalized spacial score (nSPS) is 15.0. The number of benzene rings is 3. The van der Waals surface area contributed by atoms with Gasteiger partial charge in [0.05, 0.1) is 37.0 Å². The van der Waals surface area contributed by atoms with E-state index in [9.17, 15) is 9.32 Å². The van der Waals surface area contributed by atoms with Crippen molar-refractivity contribution in [3.63, 3.8) is 0 Å². The number of rotatable bonds is 6. The summed E-state index contributed by atoms with van der Waals surface area (Å²) in [7, 11) is -1.17. The average molecular weight is 520 g/mol. The van der Waals surface area contributed by atoms with Crippen LogP contribution in [0.15, 0.2) is 62.8 Å². The van der Waals surface area contributed by atoms with E-state index in [1.807, 2.05) is 36.4 Å². The predicted molar refractivity (Wildman–Crippen MR) is 131 cm³/mol. The van der Waals surface area contributed by atoms with Gasteiger partial charge in [-0.15, -0.1) is 0 Å². The van der Waals surface area contributed by atoms with E-state index in [1.165, 1.54) is 11.1 Å². The summed E-state index contributed by atoms with van der Waals surface area (Å²) in [6.45, 7) is 6.29. The Morgan fingerprint density at radius 3 is 2.71 bits per heavy atom. The summed E-state index contributed by atoms with van der Waals surface area (Å²) in [6, 6.07) is 15.5. The number of hydrogen-bond donors (Lipinski definition) is 2. The summed E-state index contributed by atoms with van der Waals surface area (Å²) >= 11 is 9.47. The zero-order valence-electron chi connectivity index (χ0n) is 17.4. The third kappa shape index (κ3) is 4.40. The molecule has 3 aromatic carbocycles. The Morgan fingerprint density at radius 2 is 1.90 bits per heavy atom. The fraction of sp³-hybridized carbons (Fsp3) is 0.250. The van der Waals surface area contributed by atoms with Gasteiger partial charge in [0.2, 0.25) is 0 Å². The monoisotopic (exact) mass is 518 g/mol. The average Bonchev–Trinajstić information content (AvgIpc) is 2.75. The topological polar surface area (TPSA) is 52.6 Å². The lowest BCUT2D eigenvalue weighted by atomic mass is 10.1. The standard InChI is InChI=1S/C24H24BrClN2O2S/c1-15-8-9-22-23(16(15)2)28(20-6-3-4-7-21(20)31(22)30)11-5-10-27-14-17-12-18(25)13-19(26)24(17)29/h3-4,6-9,12-13,27,29H,5,10-11,14H2,1-2H3. The highest BCUT2D eigenvalue weighted by atomic mass is 79.9. The first-order chi connectivity index (χ1) is 14.9. The van der Waals surface area contributed by atoms with Crippen molar-refractivity contribution in [1.82, 2.24) is 5.32 Å². The predicted octanol–water partition coefficient (Wildman–Crippen LogP) is 6.22. The molecule has 0 fully saturated rings. The van der Waals surface area contributed by atoms with Crippen molar-refractivity contribution in [2.75, 3.05) is 18.0 Å². The van der Waals surface area contributed by atoms with E-state index < -0.39 is 10.8 Å². The van der Waals surface area contributed by atoms with Crippen LogP contribution in [0.5, 0.6) is 5.75 Å². The highest BCUT2D eigenvalue weighted by Crippen LogP contribution is 2.44. The molecule has 0 aromatic heterocycles. The van der Waals surface area contributed by atoms with Crippen LogP contribution in [-0.2, 0) is 17.3 Å². The minimum absolute atomic E-state index is 0.116. The molecule has 0 aliphatic carbocycles. The fourth-order valence-electron chi connectivity index (χ4n) is 3.91. The lowest BCUT2D eigenvalue weighted by molar-refractivity contribution is 0.464. The Kier molecular flexibility index (Phi) is 6.72. The van der Waals surface area contributed by atoms with Crippen LogP contribution in [0.25, 0.3) is 0 Å². The third-order valence-electron chi connectivity index (χ3n) is 5.65. The van der Waals surface area contributed by atoms with Gasteiger partial charge in [-0.1, -0.05) is 45.7 Å². The van der Waals surface area contributed by atoms with Crippen LogP contribution in [0.3, 0.4) is 0 Å². The molecule has 162 valence electrons. The van der Waals surface area contributed by atoms with Gasteiger partial charge in [-0.3, -0.25) is 0 Å². The second-order valence-electron chi connectivity index (χ2n) is 7.67. The Labute approximate surface area is 198 Å². The number of nitrogens with one attached hydrogen (secondary N) is 1. The van der Waals surface area contributed by atoms with Gasteiger partial charge in [-0.25, -0.2) is 4.21 Å². The highest BCUT2D eigenvalue weighted by Gasteiger charge is 2.29. The van der Waals surface area contributed by atoms with Crippen LogP contribution >= 0.6 is 27.5 Å². The van der Waals surface area contributed by atoms with Crippen LogP contribution < -0.4 is 10.2 Å². The van der Waals surface area contributed by atoms with E-state index in [2.05, 4.69) is 46.1 Å². The third-order valence-corrected chi connectivity index (χ3v) is 7.87.